The largest absolute Gasteiger partial charge is 0.493 e. The van der Waals surface area contributed by atoms with E-state index in [9.17, 15) is 4.79 Å². The van der Waals surface area contributed by atoms with Crippen molar-refractivity contribution < 1.29 is 19.0 Å². The van der Waals surface area contributed by atoms with E-state index < -0.39 is 0 Å². The van der Waals surface area contributed by atoms with E-state index in [-0.39, 0.29) is 11.7 Å². The van der Waals surface area contributed by atoms with Crippen molar-refractivity contribution in [3.8, 4) is 12.3 Å². The van der Waals surface area contributed by atoms with Crippen LogP contribution in [0.15, 0.2) is 70.1 Å². The molecular weight excluding hydrogens is 470 g/mol. The number of allylic oxidation sites excluding steroid dienone is 2. The molecule has 1 spiro atoms. The normalized spacial score (nSPS) is 20.4. The summed E-state index contributed by atoms with van der Waals surface area (Å²) in [5.74, 6) is 4.41. The number of amidine groups is 1. The number of terminal acetylenes is 1. The van der Waals surface area contributed by atoms with Gasteiger partial charge in [0.2, 0.25) is 0 Å². The average Bonchev–Trinajstić information content (AvgIpc) is 3.29. The van der Waals surface area contributed by atoms with Crippen molar-refractivity contribution in [2.75, 3.05) is 51.8 Å². The fraction of sp³-hybridized carbons (Fsp3) is 0.393. The molecule has 0 radical (unpaired) electrons. The standard InChI is InChI=1S/C28H33N5O4/c1-4-21-8-6-9-23(16-21)32-26-22(18-29-20-31-26)17-25(24(5-2)35-3)36-15-7-12-33-13-10-28(11-14-33)19-30-27(34)37-28/h1,5-6,8-9,16-17,20H,2,7,10-15,18-19H2,3H3,(H,30,34)(H,29,31,32)/b22-17+,25-24-. The summed E-state index contributed by atoms with van der Waals surface area (Å²) in [5, 5.41) is 6.10. The second kappa shape index (κ2) is 12.3. The number of benzene rings is 1. The average molecular weight is 504 g/mol. The van der Waals surface area contributed by atoms with Crippen molar-refractivity contribution in [3.05, 3.63) is 65.7 Å². The van der Waals surface area contributed by atoms with Crippen molar-refractivity contribution >= 4 is 24.0 Å². The Morgan fingerprint density at radius 3 is 2.92 bits per heavy atom. The number of anilines is 1. The first-order chi connectivity index (χ1) is 18.0. The number of nitrogens with one attached hydrogen (secondary N) is 2. The van der Waals surface area contributed by atoms with Crippen LogP contribution in [-0.2, 0) is 14.2 Å². The summed E-state index contributed by atoms with van der Waals surface area (Å²) < 4.78 is 17.2. The zero-order chi connectivity index (χ0) is 26.1. The predicted molar refractivity (Wildman–Crippen MR) is 145 cm³/mol. The second-order valence-electron chi connectivity index (χ2n) is 9.06. The third-order valence-corrected chi connectivity index (χ3v) is 6.59. The minimum Gasteiger partial charge on any atom is -0.493 e. The molecule has 4 rings (SSSR count). The van der Waals surface area contributed by atoms with E-state index >= 15 is 0 Å². The van der Waals surface area contributed by atoms with Crippen LogP contribution in [0.25, 0.3) is 0 Å². The SMILES string of the molecule is C#Cc1cccc(NC2=NC=NC/C2=C\C(OCCCN2CCC3(CC2)CNC(=O)O3)=C(/C=C)OC)c1. The van der Waals surface area contributed by atoms with Crippen LogP contribution in [0.4, 0.5) is 10.5 Å². The van der Waals surface area contributed by atoms with Crippen LogP contribution < -0.4 is 10.6 Å². The number of likely N-dealkylation sites (tertiary alicyclic amines) is 1. The lowest BCUT2D eigenvalue weighted by Crippen LogP contribution is -2.46. The maximum atomic E-state index is 11.4. The number of nitrogens with zero attached hydrogens (tertiary/aromatic N) is 3. The minimum atomic E-state index is -0.332. The van der Waals surface area contributed by atoms with Crippen molar-refractivity contribution in [2.45, 2.75) is 24.9 Å². The molecule has 0 aromatic heterocycles. The molecule has 2 saturated heterocycles. The Balaban J connectivity index is 1.35. The zero-order valence-corrected chi connectivity index (χ0v) is 21.2. The van der Waals surface area contributed by atoms with Gasteiger partial charge in [-0.05, 0) is 36.8 Å². The number of carbonyl (C=O) groups excluding carboxylic acids is 1. The van der Waals surface area contributed by atoms with Crippen LogP contribution in [0, 0.1) is 12.3 Å². The molecule has 0 unspecified atom stereocenters. The van der Waals surface area contributed by atoms with Gasteiger partial charge in [0.05, 0.1) is 26.8 Å². The third kappa shape index (κ3) is 6.80. The van der Waals surface area contributed by atoms with Crippen LogP contribution in [0.2, 0.25) is 0 Å². The lowest BCUT2D eigenvalue weighted by Gasteiger charge is -2.37. The van der Waals surface area contributed by atoms with Crippen LogP contribution in [-0.4, -0.2) is 75.2 Å². The summed E-state index contributed by atoms with van der Waals surface area (Å²) in [4.78, 5) is 22.5. The molecule has 3 aliphatic rings. The van der Waals surface area contributed by atoms with Gasteiger partial charge in [-0.25, -0.2) is 9.79 Å². The smallest absolute Gasteiger partial charge is 0.407 e. The molecule has 2 fully saturated rings. The quantitative estimate of drug-likeness (QED) is 0.232. The Hall–Kier alpha value is -4.03. The number of amides is 1. The van der Waals surface area contributed by atoms with Crippen LogP contribution in [0.1, 0.15) is 24.8 Å². The Morgan fingerprint density at radius 1 is 1.38 bits per heavy atom. The van der Waals surface area contributed by atoms with E-state index in [1.54, 1.807) is 13.2 Å². The Bertz CT molecular complexity index is 1170. The third-order valence-electron chi connectivity index (χ3n) is 6.59. The first-order valence-corrected chi connectivity index (χ1v) is 12.4. The van der Waals surface area contributed by atoms with Gasteiger partial charge in [0.15, 0.2) is 11.5 Å². The van der Waals surface area contributed by atoms with Gasteiger partial charge in [0.1, 0.15) is 17.8 Å². The van der Waals surface area contributed by atoms with E-state index in [0.29, 0.717) is 37.1 Å². The Kier molecular flexibility index (Phi) is 8.64. The molecular formula is C28H33N5O4. The summed E-state index contributed by atoms with van der Waals surface area (Å²) in [5.41, 5.74) is 2.13. The highest BCUT2D eigenvalue weighted by Crippen LogP contribution is 2.29. The molecule has 2 N–H and O–H groups in total. The van der Waals surface area contributed by atoms with Gasteiger partial charge >= 0.3 is 6.09 Å². The number of aliphatic imine (C=N–C) groups is 2. The van der Waals surface area contributed by atoms with Gasteiger partial charge in [-0.2, -0.15) is 0 Å². The van der Waals surface area contributed by atoms with Crippen molar-refractivity contribution in [1.29, 1.82) is 0 Å². The highest BCUT2D eigenvalue weighted by Gasteiger charge is 2.42. The molecule has 0 bridgehead atoms. The first kappa shape index (κ1) is 26.0. The zero-order valence-electron chi connectivity index (χ0n) is 21.2. The van der Waals surface area contributed by atoms with Crippen LogP contribution in [0.5, 0.6) is 0 Å². The highest BCUT2D eigenvalue weighted by atomic mass is 16.6. The predicted octanol–water partition coefficient (Wildman–Crippen LogP) is 3.47. The van der Waals surface area contributed by atoms with Gasteiger partial charge in [-0.3, -0.25) is 4.99 Å². The number of carbonyl (C=O) groups is 1. The highest BCUT2D eigenvalue weighted by molar-refractivity contribution is 6.12. The summed E-state index contributed by atoms with van der Waals surface area (Å²) in [6.07, 6.45) is 12.8. The van der Waals surface area contributed by atoms with Crippen molar-refractivity contribution in [2.24, 2.45) is 9.98 Å². The summed E-state index contributed by atoms with van der Waals surface area (Å²) in [7, 11) is 1.59. The van der Waals surface area contributed by atoms with E-state index in [4.69, 9.17) is 20.6 Å². The molecule has 9 nitrogen and oxygen atoms in total. The molecule has 0 saturated carbocycles. The fourth-order valence-corrected chi connectivity index (χ4v) is 4.51. The van der Waals surface area contributed by atoms with E-state index in [1.807, 2.05) is 30.3 Å². The van der Waals surface area contributed by atoms with Crippen LogP contribution >= 0.6 is 0 Å². The molecule has 3 aliphatic heterocycles. The topological polar surface area (TPSA) is 96.8 Å². The number of hydrogen-bond donors (Lipinski definition) is 2. The number of hydrogen-bond acceptors (Lipinski definition) is 8. The molecule has 194 valence electrons. The van der Waals surface area contributed by atoms with E-state index in [2.05, 4.69) is 38.0 Å². The van der Waals surface area contributed by atoms with Gasteiger partial charge < -0.3 is 29.7 Å². The fourth-order valence-electron chi connectivity index (χ4n) is 4.51. The summed E-state index contributed by atoms with van der Waals surface area (Å²) in [6.45, 7) is 8.08. The van der Waals surface area contributed by atoms with Gasteiger partial charge in [0, 0.05) is 49.3 Å². The summed E-state index contributed by atoms with van der Waals surface area (Å²) >= 11 is 0. The maximum absolute atomic E-state index is 11.4. The van der Waals surface area contributed by atoms with Gasteiger partial charge in [0.25, 0.3) is 0 Å². The summed E-state index contributed by atoms with van der Waals surface area (Å²) in [6, 6.07) is 7.59. The number of ether oxygens (including phenoxy) is 3. The van der Waals surface area contributed by atoms with E-state index in [1.165, 1.54) is 6.34 Å². The lowest BCUT2D eigenvalue weighted by molar-refractivity contribution is -0.000334. The minimum absolute atomic E-state index is 0.306. The molecule has 1 aromatic rings. The first-order valence-electron chi connectivity index (χ1n) is 12.4. The van der Waals surface area contributed by atoms with E-state index in [0.717, 1.165) is 55.7 Å². The number of piperidine rings is 1. The molecule has 37 heavy (non-hydrogen) atoms. The molecule has 1 aromatic carbocycles. The number of alkyl carbamates (subject to hydrolysis) is 1. The molecule has 3 heterocycles. The van der Waals surface area contributed by atoms with Crippen molar-refractivity contribution in [3.63, 3.8) is 0 Å². The van der Waals surface area contributed by atoms with Crippen LogP contribution in [0.3, 0.4) is 0 Å². The molecule has 1 amide bonds. The maximum Gasteiger partial charge on any atom is 0.407 e. The molecule has 9 heteroatoms. The molecule has 0 atom stereocenters. The Morgan fingerprint density at radius 2 is 2.22 bits per heavy atom. The lowest BCUT2D eigenvalue weighted by atomic mass is 9.91. The number of rotatable bonds is 9. The second-order valence-corrected chi connectivity index (χ2v) is 9.06. The monoisotopic (exact) mass is 503 g/mol. The molecule has 0 aliphatic carbocycles. The van der Waals surface area contributed by atoms with Gasteiger partial charge in [-0.1, -0.05) is 18.6 Å². The number of methoxy groups -OCH3 is 1. The van der Waals surface area contributed by atoms with Crippen molar-refractivity contribution in [1.82, 2.24) is 10.2 Å². The van der Waals surface area contributed by atoms with Gasteiger partial charge in [-0.15, -0.1) is 6.42 Å². The Labute approximate surface area is 218 Å².